The van der Waals surface area contributed by atoms with Gasteiger partial charge in [0.05, 0.1) is 16.9 Å². The third-order valence-electron chi connectivity index (χ3n) is 8.77. The Morgan fingerprint density at radius 3 is 0.839 bits per heavy atom. The largest absolute Gasteiger partial charge is 1.00 e. The Balaban J connectivity index is 0.000000318. The van der Waals surface area contributed by atoms with E-state index >= 15 is 0 Å². The fraction of sp³-hybridized carbons (Fsp3) is 0.286. The summed E-state index contributed by atoms with van der Waals surface area (Å²) in [5, 5.41) is 12.7. The molecular formula is C49H57F6N3P3Ru. The summed E-state index contributed by atoms with van der Waals surface area (Å²) in [5.41, 5.74) is 4.76. The van der Waals surface area contributed by atoms with E-state index in [0.717, 1.165) is 11.4 Å². The number of hydrogen-bond acceptors (Lipinski definition) is 3. The molecule has 3 nitrogen and oxygen atoms in total. The standard InChI is InChI=1S/2C21H22NP.C5H10.C2H3N.F6P.Ru/c2*1-21(2,3)19-15-10-16-20(22-19)23(17-11-6-4-7-12-17)18-13-8-5-9-14-18;1-2-4-5-3-1;1-2-3;1-7(2,3,4,5)6;/h2*4-16H,1-3H3;1-5H2;1H3;;/q;;;;-1;+1. The minimum absolute atomic E-state index is 0. The zero-order chi connectivity index (χ0) is 45.2. The van der Waals surface area contributed by atoms with Gasteiger partial charge in [0.15, 0.2) is 0 Å². The Morgan fingerprint density at radius 1 is 0.435 bits per heavy atom. The summed E-state index contributed by atoms with van der Waals surface area (Å²) in [6.07, 6.45) is 7.50. The van der Waals surface area contributed by atoms with Gasteiger partial charge >= 0.3 is 52.5 Å². The number of hydrogen-bond donors (Lipinski definition) is 0. The van der Waals surface area contributed by atoms with Gasteiger partial charge in [-0.2, -0.15) is 5.26 Å². The van der Waals surface area contributed by atoms with E-state index < -0.39 is 23.7 Å². The molecule has 2 aromatic heterocycles. The minimum atomic E-state index is -10.7. The second-order valence-electron chi connectivity index (χ2n) is 16.2. The predicted octanol–water partition coefficient (Wildman–Crippen LogP) is 14.1. The monoisotopic (exact) mass is 996 g/mol. The summed E-state index contributed by atoms with van der Waals surface area (Å²) in [6, 6.07) is 57.5. The summed E-state index contributed by atoms with van der Waals surface area (Å²) in [4.78, 5) is 10.1. The molecule has 0 unspecified atom stereocenters. The molecule has 7 rings (SSSR count). The van der Waals surface area contributed by atoms with Crippen LogP contribution in [-0.4, -0.2) is 9.97 Å². The molecule has 0 aliphatic heterocycles. The zero-order valence-electron chi connectivity index (χ0n) is 36.4. The molecule has 1 fully saturated rings. The van der Waals surface area contributed by atoms with Crippen LogP contribution in [0.25, 0.3) is 0 Å². The molecular weight excluding hydrogens is 939 g/mol. The molecule has 4 aromatic carbocycles. The van der Waals surface area contributed by atoms with Gasteiger partial charge < -0.3 is 0 Å². The Hall–Kier alpha value is -3.84. The van der Waals surface area contributed by atoms with Crippen LogP contribution in [0.3, 0.4) is 0 Å². The van der Waals surface area contributed by atoms with Crippen molar-refractivity contribution < 1.29 is 44.7 Å². The first kappa shape index (κ1) is 54.3. The maximum atomic E-state index is 9.87. The number of pyridine rings is 2. The predicted molar refractivity (Wildman–Crippen MR) is 251 cm³/mol. The average molecular weight is 996 g/mol. The average Bonchev–Trinajstić information content (AvgIpc) is 3.80. The Labute approximate surface area is 380 Å². The first-order valence-corrected chi connectivity index (χ1v) is 24.8. The number of rotatable bonds is 6. The van der Waals surface area contributed by atoms with Gasteiger partial charge in [0.1, 0.15) is 0 Å². The summed E-state index contributed by atoms with van der Waals surface area (Å²) in [5.74, 6) is 0. The fourth-order valence-electron chi connectivity index (χ4n) is 5.95. The molecule has 333 valence electrons. The second kappa shape index (κ2) is 23.7. The second-order valence-corrected chi connectivity index (χ2v) is 22.5. The van der Waals surface area contributed by atoms with E-state index in [1.807, 2.05) is 0 Å². The molecule has 0 saturated heterocycles. The quantitative estimate of drug-likeness (QED) is 0.0949. The van der Waals surface area contributed by atoms with Crippen molar-refractivity contribution in [1.29, 1.82) is 5.26 Å². The minimum Gasteiger partial charge on any atom is 1.00 e. The number of aromatic nitrogens is 2. The van der Waals surface area contributed by atoms with Crippen LogP contribution in [0.4, 0.5) is 25.2 Å². The van der Waals surface area contributed by atoms with E-state index in [-0.39, 0.29) is 30.3 Å². The van der Waals surface area contributed by atoms with Crippen molar-refractivity contribution in [2.24, 2.45) is 0 Å². The van der Waals surface area contributed by atoms with Gasteiger partial charge in [-0.1, -0.05) is 207 Å². The summed E-state index contributed by atoms with van der Waals surface area (Å²) in [7, 11) is -11.9. The van der Waals surface area contributed by atoms with Crippen LogP contribution < -0.4 is 32.1 Å². The molecule has 13 heteroatoms. The SMILES string of the molecule is C1CCCC1.CC#N.CC(C)(C)c1cccc(P(c2ccccc2)c2ccccc2)n1.CC(C)(C)c1cccc(P(c2ccccc2)c2ccccc2)n1.F[P-](F)(F)(F)(F)F.[Ru+]. The number of halogens is 6. The van der Waals surface area contributed by atoms with Crippen LogP contribution in [0.5, 0.6) is 0 Å². The molecule has 6 aromatic rings. The molecule has 0 spiro atoms. The van der Waals surface area contributed by atoms with E-state index in [1.54, 1.807) is 6.07 Å². The molecule has 0 N–H and O–H groups in total. The molecule has 1 aliphatic carbocycles. The van der Waals surface area contributed by atoms with Crippen LogP contribution in [0.15, 0.2) is 158 Å². The van der Waals surface area contributed by atoms with Crippen molar-refractivity contribution in [2.45, 2.75) is 91.4 Å². The van der Waals surface area contributed by atoms with E-state index in [9.17, 15) is 25.2 Å². The van der Waals surface area contributed by atoms with Crippen molar-refractivity contribution >= 4 is 55.7 Å². The van der Waals surface area contributed by atoms with Crippen LogP contribution in [0.1, 0.15) is 92.0 Å². The van der Waals surface area contributed by atoms with Gasteiger partial charge in [0.25, 0.3) is 0 Å². The zero-order valence-corrected chi connectivity index (χ0v) is 40.8. The van der Waals surface area contributed by atoms with Crippen molar-refractivity contribution in [3.63, 3.8) is 0 Å². The molecule has 1 radical (unpaired) electrons. The van der Waals surface area contributed by atoms with Gasteiger partial charge in [-0.15, -0.1) is 0 Å². The first-order valence-electron chi connectivity index (χ1n) is 20.1. The number of nitriles is 1. The van der Waals surface area contributed by atoms with Gasteiger partial charge in [0, 0.05) is 45.0 Å². The molecule has 2 heterocycles. The summed E-state index contributed by atoms with van der Waals surface area (Å²) in [6.45, 7) is 14.7. The normalized spacial score (nSPS) is 13.3. The Morgan fingerprint density at radius 2 is 0.645 bits per heavy atom. The smallest absolute Gasteiger partial charge is 1.00 e. The van der Waals surface area contributed by atoms with Gasteiger partial charge in [0.2, 0.25) is 0 Å². The fourth-order valence-corrected chi connectivity index (χ4v) is 10.4. The maximum Gasteiger partial charge on any atom is 1.00 e. The van der Waals surface area contributed by atoms with Crippen LogP contribution in [0.2, 0.25) is 0 Å². The van der Waals surface area contributed by atoms with Crippen molar-refractivity contribution in [3.05, 3.63) is 169 Å². The summed E-state index contributed by atoms with van der Waals surface area (Å²) < 4.78 is 59.2. The van der Waals surface area contributed by atoms with Crippen molar-refractivity contribution in [3.8, 4) is 6.07 Å². The van der Waals surface area contributed by atoms with E-state index in [1.165, 1.54) is 71.1 Å². The molecule has 0 atom stereocenters. The molecule has 62 heavy (non-hydrogen) atoms. The van der Waals surface area contributed by atoms with Gasteiger partial charge in [-0.05, 0) is 45.5 Å². The number of benzene rings is 4. The van der Waals surface area contributed by atoms with Gasteiger partial charge in [-0.3, -0.25) is 9.97 Å². The molecule has 1 aliphatic rings. The van der Waals surface area contributed by atoms with E-state index in [2.05, 4.69) is 199 Å². The number of nitrogens with zero attached hydrogens (tertiary/aromatic N) is 3. The van der Waals surface area contributed by atoms with Crippen LogP contribution in [0, 0.1) is 11.3 Å². The van der Waals surface area contributed by atoms with Crippen molar-refractivity contribution in [2.75, 3.05) is 0 Å². The topological polar surface area (TPSA) is 49.6 Å². The third-order valence-corrected chi connectivity index (χ3v) is 13.4. The molecule has 1 saturated carbocycles. The maximum absolute atomic E-state index is 10.7. The molecule has 0 bridgehead atoms. The first-order chi connectivity index (χ1) is 28.5. The third kappa shape index (κ3) is 21.5. The van der Waals surface area contributed by atoms with E-state index in [0.29, 0.717) is 0 Å². The molecule has 0 amide bonds. The van der Waals surface area contributed by atoms with Crippen molar-refractivity contribution in [1.82, 2.24) is 9.97 Å². The Bertz CT molecular complexity index is 1990. The Kier molecular flexibility index (Phi) is 20.8. The summed E-state index contributed by atoms with van der Waals surface area (Å²) >= 11 is 0. The van der Waals surface area contributed by atoms with Crippen LogP contribution >= 0.6 is 23.7 Å². The van der Waals surface area contributed by atoms with Gasteiger partial charge in [-0.25, -0.2) is 0 Å². The van der Waals surface area contributed by atoms with E-state index in [4.69, 9.17) is 15.2 Å². The van der Waals surface area contributed by atoms with Crippen LogP contribution in [-0.2, 0) is 30.3 Å².